The summed E-state index contributed by atoms with van der Waals surface area (Å²) >= 11 is 0. The van der Waals surface area contributed by atoms with Gasteiger partial charge in [-0.05, 0) is 89.8 Å². The van der Waals surface area contributed by atoms with Crippen molar-refractivity contribution in [2.75, 3.05) is 0 Å². The molecule has 410 valence electrons. The molecule has 0 radical (unpaired) electrons. The lowest BCUT2D eigenvalue weighted by Crippen LogP contribution is -2.26. The third-order valence-electron chi connectivity index (χ3n) is 20.5. The van der Waals surface area contributed by atoms with E-state index in [2.05, 4.69) is 48.5 Å². The van der Waals surface area contributed by atoms with E-state index in [0.29, 0.717) is 0 Å². The highest BCUT2D eigenvalue weighted by atomic mass is 14.4. The van der Waals surface area contributed by atoms with Gasteiger partial charge < -0.3 is 0 Å². The van der Waals surface area contributed by atoms with E-state index < -0.39 is 0 Å². The summed E-state index contributed by atoms with van der Waals surface area (Å²) in [5.74, 6) is 13.6. The molecule has 8 aliphatic rings. The van der Waals surface area contributed by atoms with Crippen LogP contribution >= 0.6 is 0 Å². The lowest BCUT2D eigenvalue weighted by Gasteiger charge is -2.38. The zero-order valence-corrected chi connectivity index (χ0v) is 49.7. The maximum atomic E-state index is 2.61. The smallest absolute Gasteiger partial charge is 0.0383 e. The van der Waals surface area contributed by atoms with Crippen LogP contribution in [-0.2, 0) is 0 Å². The Morgan fingerprint density at radius 3 is 0.507 bits per heavy atom. The molecule has 0 heteroatoms. The zero-order chi connectivity index (χ0) is 49.7. The largest absolute Gasteiger partial charge is 0.0683 e. The van der Waals surface area contributed by atoms with Crippen LogP contribution in [0.2, 0.25) is 0 Å². The average Bonchev–Trinajstić information content (AvgIpc) is 3.26. The van der Waals surface area contributed by atoms with E-state index in [1.165, 1.54) is 218 Å². The first-order valence-corrected chi connectivity index (χ1v) is 33.7. The van der Waals surface area contributed by atoms with Gasteiger partial charge in [0.2, 0.25) is 0 Å². The standard InChI is InChI=1S/C27H50.C13H24.3C9H18.C2H6/c1-21-9-4-13-24(14-5-10-21)26-17-8-18-27(20-23(3)19-26)25-15-6-11-22(2)12-7-16-25;1-11-5-2-7-12(8-3-6-11)13-9-4-10-13;3*1-9-7-5-3-2-4-6-8-9;1-2/h21-27H,4-20H2,1-3H3;11-13H,2-10H2,1H3;3*9H,2-8H2,1H3;1-2H3. The maximum absolute atomic E-state index is 2.61. The van der Waals surface area contributed by atoms with Crippen molar-refractivity contribution in [1.29, 1.82) is 0 Å². The summed E-state index contributed by atoms with van der Waals surface area (Å²) in [5, 5.41) is 0. The van der Waals surface area contributed by atoms with Crippen molar-refractivity contribution in [3.05, 3.63) is 0 Å². The summed E-state index contributed by atoms with van der Waals surface area (Å²) in [6.07, 6.45) is 71.1. The van der Waals surface area contributed by atoms with Gasteiger partial charge in [0.25, 0.3) is 0 Å². The van der Waals surface area contributed by atoms with Crippen molar-refractivity contribution in [3.63, 3.8) is 0 Å². The van der Waals surface area contributed by atoms with Gasteiger partial charge in [0, 0.05) is 0 Å². The van der Waals surface area contributed by atoms with E-state index in [0.717, 1.165) is 76.9 Å². The van der Waals surface area contributed by atoms with Gasteiger partial charge in [-0.3, -0.25) is 0 Å². The van der Waals surface area contributed by atoms with Crippen LogP contribution in [0.15, 0.2) is 0 Å². The Bertz CT molecular complexity index is 964. The number of rotatable bonds is 3. The highest BCUT2D eigenvalue weighted by Gasteiger charge is 2.31. The topological polar surface area (TPSA) is 0 Å². The van der Waals surface area contributed by atoms with Crippen molar-refractivity contribution in [2.45, 2.75) is 364 Å². The fourth-order valence-electron chi connectivity index (χ4n) is 15.4. The summed E-state index contributed by atoms with van der Waals surface area (Å²) in [6.45, 7) is 21.2. The second-order valence-corrected chi connectivity index (χ2v) is 27.3. The number of hydrogen-bond acceptors (Lipinski definition) is 0. The van der Waals surface area contributed by atoms with Crippen LogP contribution in [0.4, 0.5) is 0 Å². The van der Waals surface area contributed by atoms with Crippen LogP contribution in [0.25, 0.3) is 0 Å². The molecule has 8 aliphatic carbocycles. The molecule has 69 heavy (non-hydrogen) atoms. The Morgan fingerprint density at radius 1 is 0.145 bits per heavy atom. The quantitative estimate of drug-likeness (QED) is 0.264. The van der Waals surface area contributed by atoms with Gasteiger partial charge in [-0.15, -0.1) is 0 Å². The highest BCUT2D eigenvalue weighted by molar-refractivity contribution is 4.83. The molecule has 0 aliphatic heterocycles. The SMILES string of the molecule is CC.CC1CCCC(C2CCC2)CCC1.CC1CCCC(C2CCCC(C3CCCC(C)CCC3)CC(C)C2)CCC1.CC1CCCCCCC1.CC1CCCCCCC1.CC1CCCCCCC1. The van der Waals surface area contributed by atoms with Gasteiger partial charge in [-0.2, -0.15) is 0 Å². The van der Waals surface area contributed by atoms with Gasteiger partial charge in [-0.1, -0.05) is 351 Å². The van der Waals surface area contributed by atoms with Crippen molar-refractivity contribution in [2.24, 2.45) is 76.9 Å². The molecule has 0 aromatic heterocycles. The van der Waals surface area contributed by atoms with Crippen LogP contribution < -0.4 is 0 Å². The molecule has 0 bridgehead atoms. The fraction of sp³-hybridized carbons (Fsp3) is 1.00. The maximum Gasteiger partial charge on any atom is -0.0383 e. The molecule has 0 nitrogen and oxygen atoms in total. The molecular formula is C69H134. The minimum absolute atomic E-state index is 0.981. The molecule has 0 saturated heterocycles. The second-order valence-electron chi connectivity index (χ2n) is 27.3. The van der Waals surface area contributed by atoms with Crippen LogP contribution in [0.5, 0.6) is 0 Å². The summed E-state index contributed by atoms with van der Waals surface area (Å²) in [4.78, 5) is 0. The van der Waals surface area contributed by atoms with Gasteiger partial charge >= 0.3 is 0 Å². The average molecular weight is 964 g/mol. The van der Waals surface area contributed by atoms with E-state index in [9.17, 15) is 0 Å². The van der Waals surface area contributed by atoms with E-state index >= 15 is 0 Å². The Balaban J connectivity index is 0.000000249. The Hall–Kier alpha value is 0. The van der Waals surface area contributed by atoms with Crippen LogP contribution in [-0.4, -0.2) is 0 Å². The van der Waals surface area contributed by atoms with E-state index in [-0.39, 0.29) is 0 Å². The first kappa shape index (κ1) is 63.3. The lowest BCUT2D eigenvalue weighted by atomic mass is 9.68. The highest BCUT2D eigenvalue weighted by Crippen LogP contribution is 2.44. The van der Waals surface area contributed by atoms with Crippen molar-refractivity contribution in [3.8, 4) is 0 Å². The summed E-state index contributed by atoms with van der Waals surface area (Å²) < 4.78 is 0. The summed E-state index contributed by atoms with van der Waals surface area (Å²) in [5.41, 5.74) is 0. The van der Waals surface area contributed by atoms with E-state index in [1.807, 2.05) is 13.8 Å². The first-order valence-electron chi connectivity index (χ1n) is 33.7. The van der Waals surface area contributed by atoms with Crippen LogP contribution in [0.1, 0.15) is 364 Å². The molecule has 0 amide bonds. The molecule has 0 spiro atoms. The van der Waals surface area contributed by atoms with Gasteiger partial charge in [0.1, 0.15) is 0 Å². The zero-order valence-electron chi connectivity index (χ0n) is 49.7. The monoisotopic (exact) mass is 963 g/mol. The predicted octanol–water partition coefficient (Wildman–Crippen LogP) is 24.6. The minimum atomic E-state index is 0.981. The van der Waals surface area contributed by atoms with Crippen LogP contribution in [0, 0.1) is 76.9 Å². The molecule has 2 unspecified atom stereocenters. The molecule has 2 atom stereocenters. The van der Waals surface area contributed by atoms with Gasteiger partial charge in [-0.25, -0.2) is 0 Å². The Kier molecular flexibility index (Phi) is 37.9. The third kappa shape index (κ3) is 30.8. The minimum Gasteiger partial charge on any atom is -0.0683 e. The first-order chi connectivity index (χ1) is 33.7. The summed E-state index contributed by atoms with van der Waals surface area (Å²) in [7, 11) is 0. The Labute approximate surface area is 439 Å². The fourth-order valence-corrected chi connectivity index (χ4v) is 15.4. The lowest BCUT2D eigenvalue weighted by molar-refractivity contribution is 0.137. The van der Waals surface area contributed by atoms with Gasteiger partial charge in [0.05, 0.1) is 0 Å². The molecule has 8 rings (SSSR count). The number of hydrogen-bond donors (Lipinski definition) is 0. The summed E-state index contributed by atoms with van der Waals surface area (Å²) in [6, 6.07) is 0. The third-order valence-corrected chi connectivity index (χ3v) is 20.5. The molecule has 0 heterocycles. The van der Waals surface area contributed by atoms with E-state index in [4.69, 9.17) is 0 Å². The molecule has 8 fully saturated rings. The van der Waals surface area contributed by atoms with Gasteiger partial charge in [0.15, 0.2) is 0 Å². The molecule has 0 aromatic rings. The molecule has 8 saturated carbocycles. The predicted molar refractivity (Wildman–Crippen MR) is 313 cm³/mol. The van der Waals surface area contributed by atoms with E-state index in [1.54, 1.807) is 83.5 Å². The molecule has 0 aromatic carbocycles. The second kappa shape index (κ2) is 41.3. The molecule has 0 N–H and O–H groups in total. The van der Waals surface area contributed by atoms with Crippen LogP contribution in [0.3, 0.4) is 0 Å². The normalized spacial score (nSPS) is 34.0. The van der Waals surface area contributed by atoms with Crippen molar-refractivity contribution < 1.29 is 0 Å². The Morgan fingerprint density at radius 2 is 0.290 bits per heavy atom. The molecular weight excluding hydrogens is 829 g/mol. The van der Waals surface area contributed by atoms with Crippen molar-refractivity contribution in [1.82, 2.24) is 0 Å². The van der Waals surface area contributed by atoms with Crippen molar-refractivity contribution >= 4 is 0 Å².